The molecule has 102 valence electrons. The lowest BCUT2D eigenvalue weighted by molar-refractivity contribution is 0.545. The number of rotatable bonds is 6. The van der Waals surface area contributed by atoms with Gasteiger partial charge in [0.2, 0.25) is 0 Å². The van der Waals surface area contributed by atoms with E-state index in [0.29, 0.717) is 0 Å². The van der Waals surface area contributed by atoms with Crippen LogP contribution in [0.5, 0.6) is 0 Å². The molecule has 1 aromatic rings. The van der Waals surface area contributed by atoms with Gasteiger partial charge >= 0.3 is 0 Å². The molecule has 0 amide bonds. The maximum absolute atomic E-state index is 4.62. The van der Waals surface area contributed by atoms with Crippen LogP contribution in [0.4, 0.5) is 0 Å². The molecule has 0 aromatic carbocycles. The second-order valence-electron chi connectivity index (χ2n) is 6.61. The quantitative estimate of drug-likeness (QED) is 0.786. The van der Waals surface area contributed by atoms with Crippen molar-refractivity contribution in [3.63, 3.8) is 0 Å². The summed E-state index contributed by atoms with van der Waals surface area (Å²) in [4.78, 5) is 0. The maximum atomic E-state index is 4.62. The van der Waals surface area contributed by atoms with Gasteiger partial charge in [0.05, 0.1) is 5.69 Å². The predicted molar refractivity (Wildman–Crippen MR) is 75.9 cm³/mol. The summed E-state index contributed by atoms with van der Waals surface area (Å²) in [6.07, 6.45) is 8.65. The van der Waals surface area contributed by atoms with Crippen LogP contribution >= 0.6 is 0 Å². The molecule has 0 aliphatic heterocycles. The summed E-state index contributed by atoms with van der Waals surface area (Å²) >= 11 is 0. The summed E-state index contributed by atoms with van der Waals surface area (Å²) in [7, 11) is 2.02. The fourth-order valence-corrected chi connectivity index (χ4v) is 2.39. The Hall–Kier alpha value is -0.830. The van der Waals surface area contributed by atoms with Gasteiger partial charge in [0.1, 0.15) is 0 Å². The molecular formula is C15H27N3. The van der Waals surface area contributed by atoms with Crippen molar-refractivity contribution in [3.05, 3.63) is 17.5 Å². The minimum absolute atomic E-state index is 0.156. The summed E-state index contributed by atoms with van der Waals surface area (Å²) in [5, 5.41) is 8.19. The molecule has 1 aromatic heterocycles. The van der Waals surface area contributed by atoms with E-state index in [9.17, 15) is 0 Å². The van der Waals surface area contributed by atoms with Crippen molar-refractivity contribution in [2.75, 3.05) is 6.54 Å². The second-order valence-corrected chi connectivity index (χ2v) is 6.61. The standard InChI is InChI=1S/C15H27N3/c1-15(2,3)14-12(11-18(4)17-14)7-5-6-10-16-13-8-9-13/h11,13,16H,5-10H2,1-4H3. The van der Waals surface area contributed by atoms with Gasteiger partial charge in [0, 0.05) is 24.7 Å². The van der Waals surface area contributed by atoms with Gasteiger partial charge in [-0.1, -0.05) is 20.8 Å². The summed E-state index contributed by atoms with van der Waals surface area (Å²) < 4.78 is 1.96. The highest BCUT2D eigenvalue weighted by molar-refractivity contribution is 5.24. The molecule has 1 N–H and O–H groups in total. The number of aromatic nitrogens is 2. The van der Waals surface area contributed by atoms with E-state index in [2.05, 4.69) is 37.4 Å². The van der Waals surface area contributed by atoms with Gasteiger partial charge in [-0.25, -0.2) is 0 Å². The van der Waals surface area contributed by atoms with Crippen molar-refractivity contribution in [2.24, 2.45) is 7.05 Å². The third kappa shape index (κ3) is 3.84. The molecule has 0 unspecified atom stereocenters. The van der Waals surface area contributed by atoms with Gasteiger partial charge in [0.25, 0.3) is 0 Å². The summed E-state index contributed by atoms with van der Waals surface area (Å²) in [5.74, 6) is 0. The van der Waals surface area contributed by atoms with Crippen molar-refractivity contribution in [3.8, 4) is 0 Å². The van der Waals surface area contributed by atoms with Crippen LogP contribution in [0.1, 0.15) is 57.7 Å². The number of unbranched alkanes of at least 4 members (excludes halogenated alkanes) is 1. The Morgan fingerprint density at radius 1 is 1.33 bits per heavy atom. The predicted octanol–water partition coefficient (Wildman–Crippen LogP) is 2.79. The Morgan fingerprint density at radius 3 is 2.67 bits per heavy atom. The minimum atomic E-state index is 0.156. The molecule has 3 nitrogen and oxygen atoms in total. The lowest BCUT2D eigenvalue weighted by Crippen LogP contribution is -2.18. The number of hydrogen-bond donors (Lipinski definition) is 1. The SMILES string of the molecule is Cn1cc(CCCCNC2CC2)c(C(C)(C)C)n1. The van der Waals surface area contributed by atoms with Crippen LogP contribution in [0.2, 0.25) is 0 Å². The number of hydrogen-bond acceptors (Lipinski definition) is 2. The van der Waals surface area contributed by atoms with E-state index >= 15 is 0 Å². The molecule has 2 rings (SSSR count). The summed E-state index contributed by atoms with van der Waals surface area (Å²) in [6.45, 7) is 7.91. The van der Waals surface area contributed by atoms with Crippen molar-refractivity contribution in [2.45, 2.75) is 64.3 Å². The smallest absolute Gasteiger partial charge is 0.0709 e. The Labute approximate surface area is 111 Å². The van der Waals surface area contributed by atoms with E-state index in [4.69, 9.17) is 0 Å². The molecule has 0 atom stereocenters. The molecule has 0 radical (unpaired) electrons. The van der Waals surface area contributed by atoms with Crippen LogP contribution in [0.3, 0.4) is 0 Å². The fraction of sp³-hybridized carbons (Fsp3) is 0.800. The van der Waals surface area contributed by atoms with Crippen molar-refractivity contribution >= 4 is 0 Å². The zero-order chi connectivity index (χ0) is 13.2. The zero-order valence-electron chi connectivity index (χ0n) is 12.3. The molecule has 1 saturated carbocycles. The topological polar surface area (TPSA) is 29.9 Å². The lowest BCUT2D eigenvalue weighted by Gasteiger charge is -2.17. The van der Waals surface area contributed by atoms with Crippen molar-refractivity contribution in [1.82, 2.24) is 15.1 Å². The number of aryl methyl sites for hydroxylation is 2. The summed E-state index contributed by atoms with van der Waals surface area (Å²) in [5.41, 5.74) is 2.85. The van der Waals surface area contributed by atoms with Gasteiger partial charge < -0.3 is 5.32 Å². The molecule has 1 fully saturated rings. The normalized spacial score (nSPS) is 16.2. The highest BCUT2D eigenvalue weighted by Crippen LogP contribution is 2.25. The molecule has 1 aliphatic carbocycles. The maximum Gasteiger partial charge on any atom is 0.0709 e. The Morgan fingerprint density at radius 2 is 2.06 bits per heavy atom. The largest absolute Gasteiger partial charge is 0.314 e. The molecule has 18 heavy (non-hydrogen) atoms. The Bertz CT molecular complexity index is 383. The van der Waals surface area contributed by atoms with Gasteiger partial charge in [-0.2, -0.15) is 5.10 Å². The molecule has 3 heteroatoms. The molecule has 0 saturated heterocycles. The van der Waals surface area contributed by atoms with Crippen LogP contribution in [-0.4, -0.2) is 22.4 Å². The van der Waals surface area contributed by atoms with Crippen LogP contribution in [0.15, 0.2) is 6.20 Å². The second kappa shape index (κ2) is 5.43. The average molecular weight is 249 g/mol. The third-order valence-electron chi connectivity index (χ3n) is 3.50. The van der Waals surface area contributed by atoms with Gasteiger partial charge in [-0.15, -0.1) is 0 Å². The van der Waals surface area contributed by atoms with Gasteiger partial charge in [0.15, 0.2) is 0 Å². The van der Waals surface area contributed by atoms with Crippen LogP contribution < -0.4 is 5.32 Å². The Balaban J connectivity index is 1.80. The lowest BCUT2D eigenvalue weighted by atomic mass is 9.88. The zero-order valence-corrected chi connectivity index (χ0v) is 12.3. The van der Waals surface area contributed by atoms with E-state index in [0.717, 1.165) is 12.5 Å². The monoisotopic (exact) mass is 249 g/mol. The highest BCUT2D eigenvalue weighted by atomic mass is 15.3. The first-order valence-corrected chi connectivity index (χ1v) is 7.23. The van der Waals surface area contributed by atoms with E-state index in [1.54, 1.807) is 0 Å². The van der Waals surface area contributed by atoms with Crippen molar-refractivity contribution in [1.29, 1.82) is 0 Å². The number of nitrogens with zero attached hydrogens (tertiary/aromatic N) is 2. The summed E-state index contributed by atoms with van der Waals surface area (Å²) in [6, 6.07) is 0.841. The van der Waals surface area contributed by atoms with Gasteiger partial charge in [-0.05, 0) is 44.2 Å². The molecule has 1 aliphatic rings. The Kier molecular flexibility index (Phi) is 4.10. The first-order valence-electron chi connectivity index (χ1n) is 7.23. The van der Waals surface area contributed by atoms with E-state index in [-0.39, 0.29) is 5.41 Å². The van der Waals surface area contributed by atoms with Crippen LogP contribution in [0, 0.1) is 0 Å². The molecular weight excluding hydrogens is 222 g/mol. The first-order chi connectivity index (χ1) is 8.47. The molecule has 1 heterocycles. The molecule has 0 bridgehead atoms. The third-order valence-corrected chi connectivity index (χ3v) is 3.50. The highest BCUT2D eigenvalue weighted by Gasteiger charge is 2.22. The molecule has 0 spiro atoms. The van der Waals surface area contributed by atoms with E-state index < -0.39 is 0 Å². The first kappa shape index (κ1) is 13.6. The average Bonchev–Trinajstić information content (AvgIpc) is 2.99. The van der Waals surface area contributed by atoms with Crippen molar-refractivity contribution < 1.29 is 0 Å². The van der Waals surface area contributed by atoms with Crippen LogP contribution in [0.25, 0.3) is 0 Å². The number of nitrogens with one attached hydrogen (secondary N) is 1. The fourth-order valence-electron chi connectivity index (χ4n) is 2.39. The van der Waals surface area contributed by atoms with Gasteiger partial charge in [-0.3, -0.25) is 4.68 Å². The van der Waals surface area contributed by atoms with E-state index in [1.165, 1.54) is 43.5 Å². The van der Waals surface area contributed by atoms with E-state index in [1.807, 2.05) is 11.7 Å². The minimum Gasteiger partial charge on any atom is -0.314 e. The van der Waals surface area contributed by atoms with Crippen LogP contribution in [-0.2, 0) is 18.9 Å².